The fraction of sp³-hybridized carbons (Fsp3) is 0.786. The SMILES string of the molecule is CC(C)(C)N1CCN(C(=O)c2n[nH]c(C3CC3)n2)CC1. The third-order valence-corrected chi connectivity index (χ3v) is 4.17. The number of carbonyl (C=O) groups is 1. The van der Waals surface area contributed by atoms with Crippen LogP contribution in [0.2, 0.25) is 0 Å². The van der Waals surface area contributed by atoms with Crippen molar-refractivity contribution < 1.29 is 4.79 Å². The van der Waals surface area contributed by atoms with E-state index < -0.39 is 0 Å². The van der Waals surface area contributed by atoms with Crippen LogP contribution in [0.3, 0.4) is 0 Å². The number of amides is 1. The summed E-state index contributed by atoms with van der Waals surface area (Å²) in [6.07, 6.45) is 2.32. The van der Waals surface area contributed by atoms with Crippen LogP contribution >= 0.6 is 0 Å². The number of nitrogens with zero attached hydrogens (tertiary/aromatic N) is 4. The maximum Gasteiger partial charge on any atom is 0.293 e. The lowest BCUT2D eigenvalue weighted by Gasteiger charge is -2.41. The predicted octanol–water partition coefficient (Wildman–Crippen LogP) is 1.24. The summed E-state index contributed by atoms with van der Waals surface area (Å²) in [5, 5.41) is 6.98. The Morgan fingerprint density at radius 2 is 1.85 bits per heavy atom. The first kappa shape index (κ1) is 13.5. The molecule has 0 atom stereocenters. The molecule has 1 aromatic heterocycles. The fourth-order valence-electron chi connectivity index (χ4n) is 2.63. The molecule has 2 fully saturated rings. The van der Waals surface area contributed by atoms with E-state index in [9.17, 15) is 4.79 Å². The van der Waals surface area contributed by atoms with Crippen LogP contribution in [0.4, 0.5) is 0 Å². The van der Waals surface area contributed by atoms with Crippen LogP contribution in [0.5, 0.6) is 0 Å². The Hall–Kier alpha value is -1.43. The van der Waals surface area contributed by atoms with Gasteiger partial charge in [0.2, 0.25) is 5.82 Å². The summed E-state index contributed by atoms with van der Waals surface area (Å²) in [7, 11) is 0. The lowest BCUT2D eigenvalue weighted by molar-refractivity contribution is 0.0442. The normalized spacial score (nSPS) is 21.2. The van der Waals surface area contributed by atoms with Crippen molar-refractivity contribution in [1.82, 2.24) is 25.0 Å². The second kappa shape index (κ2) is 4.84. The molecule has 0 bridgehead atoms. The smallest absolute Gasteiger partial charge is 0.293 e. The molecule has 110 valence electrons. The van der Waals surface area contributed by atoms with E-state index in [-0.39, 0.29) is 11.4 Å². The zero-order chi connectivity index (χ0) is 14.3. The minimum atomic E-state index is -0.0401. The summed E-state index contributed by atoms with van der Waals surface area (Å²) in [5.74, 6) is 1.67. The van der Waals surface area contributed by atoms with Gasteiger partial charge in [0.25, 0.3) is 5.91 Å². The van der Waals surface area contributed by atoms with Gasteiger partial charge in [-0.15, -0.1) is 5.10 Å². The molecule has 1 aliphatic carbocycles. The lowest BCUT2D eigenvalue weighted by atomic mass is 10.0. The average Bonchev–Trinajstić information content (AvgIpc) is 3.15. The van der Waals surface area contributed by atoms with Crippen LogP contribution in [0, 0.1) is 0 Å². The molecule has 2 aliphatic rings. The minimum absolute atomic E-state index is 0.0401. The topological polar surface area (TPSA) is 65.1 Å². The van der Waals surface area contributed by atoms with Crippen molar-refractivity contribution in [3.05, 3.63) is 11.6 Å². The summed E-state index contributed by atoms with van der Waals surface area (Å²) in [5.41, 5.74) is 0.166. The van der Waals surface area contributed by atoms with E-state index in [1.807, 2.05) is 4.90 Å². The first-order valence-electron chi connectivity index (χ1n) is 7.42. The zero-order valence-electron chi connectivity index (χ0n) is 12.5. The Morgan fingerprint density at radius 1 is 1.20 bits per heavy atom. The zero-order valence-corrected chi connectivity index (χ0v) is 12.5. The van der Waals surface area contributed by atoms with Crippen LogP contribution in [0.1, 0.15) is 56.0 Å². The fourth-order valence-corrected chi connectivity index (χ4v) is 2.63. The molecule has 3 rings (SSSR count). The Kier molecular flexibility index (Phi) is 3.28. The maximum atomic E-state index is 12.4. The van der Waals surface area contributed by atoms with Crippen LogP contribution in [0.25, 0.3) is 0 Å². The summed E-state index contributed by atoms with van der Waals surface area (Å²) >= 11 is 0. The van der Waals surface area contributed by atoms with E-state index in [4.69, 9.17) is 0 Å². The van der Waals surface area contributed by atoms with Crippen LogP contribution < -0.4 is 0 Å². The van der Waals surface area contributed by atoms with Gasteiger partial charge in [-0.3, -0.25) is 14.8 Å². The maximum absolute atomic E-state index is 12.4. The molecule has 1 saturated carbocycles. The van der Waals surface area contributed by atoms with E-state index >= 15 is 0 Å². The van der Waals surface area contributed by atoms with Gasteiger partial charge in [-0.05, 0) is 33.6 Å². The van der Waals surface area contributed by atoms with E-state index in [0.717, 1.165) is 44.8 Å². The Bertz CT molecular complexity index is 492. The minimum Gasteiger partial charge on any atom is -0.333 e. The van der Waals surface area contributed by atoms with Crippen molar-refractivity contribution in [1.29, 1.82) is 0 Å². The van der Waals surface area contributed by atoms with Crippen molar-refractivity contribution in [2.75, 3.05) is 26.2 Å². The Labute approximate surface area is 119 Å². The predicted molar refractivity (Wildman–Crippen MR) is 75.6 cm³/mol. The summed E-state index contributed by atoms with van der Waals surface area (Å²) in [4.78, 5) is 21.0. The van der Waals surface area contributed by atoms with Crippen molar-refractivity contribution in [3.8, 4) is 0 Å². The molecule has 1 saturated heterocycles. The van der Waals surface area contributed by atoms with Gasteiger partial charge < -0.3 is 4.90 Å². The molecule has 1 aliphatic heterocycles. The van der Waals surface area contributed by atoms with Crippen molar-refractivity contribution in [2.45, 2.75) is 45.1 Å². The van der Waals surface area contributed by atoms with Crippen LogP contribution in [-0.2, 0) is 0 Å². The summed E-state index contributed by atoms with van der Waals surface area (Å²) in [6, 6.07) is 0. The first-order chi connectivity index (χ1) is 9.45. The molecular weight excluding hydrogens is 254 g/mol. The number of hydrogen-bond acceptors (Lipinski definition) is 4. The van der Waals surface area contributed by atoms with Gasteiger partial charge in [-0.1, -0.05) is 0 Å². The molecule has 1 aromatic rings. The van der Waals surface area contributed by atoms with Crippen LogP contribution in [-0.4, -0.2) is 62.6 Å². The van der Waals surface area contributed by atoms with Gasteiger partial charge in [0.15, 0.2) is 0 Å². The lowest BCUT2D eigenvalue weighted by Crippen LogP contribution is -2.54. The number of piperazine rings is 1. The quantitative estimate of drug-likeness (QED) is 0.883. The molecule has 0 unspecified atom stereocenters. The highest BCUT2D eigenvalue weighted by molar-refractivity contribution is 5.90. The highest BCUT2D eigenvalue weighted by Crippen LogP contribution is 2.37. The third kappa shape index (κ3) is 2.70. The molecule has 6 nitrogen and oxygen atoms in total. The number of hydrogen-bond donors (Lipinski definition) is 1. The van der Waals surface area contributed by atoms with Crippen molar-refractivity contribution >= 4 is 5.91 Å². The second-order valence-electron chi connectivity index (χ2n) is 6.77. The van der Waals surface area contributed by atoms with Gasteiger partial charge in [0, 0.05) is 37.6 Å². The molecular formula is C14H23N5O. The molecule has 2 heterocycles. The van der Waals surface area contributed by atoms with Crippen molar-refractivity contribution in [3.63, 3.8) is 0 Å². The summed E-state index contributed by atoms with van der Waals surface area (Å²) < 4.78 is 0. The Balaban J connectivity index is 1.60. The molecule has 1 amide bonds. The van der Waals surface area contributed by atoms with Crippen LogP contribution in [0.15, 0.2) is 0 Å². The molecule has 0 radical (unpaired) electrons. The number of aromatic nitrogens is 3. The highest BCUT2D eigenvalue weighted by Gasteiger charge is 2.31. The van der Waals surface area contributed by atoms with E-state index in [1.54, 1.807) is 0 Å². The number of H-pyrrole nitrogens is 1. The molecule has 0 spiro atoms. The van der Waals surface area contributed by atoms with Gasteiger partial charge in [0.05, 0.1) is 0 Å². The number of nitrogens with one attached hydrogen (secondary N) is 1. The second-order valence-corrected chi connectivity index (χ2v) is 6.77. The van der Waals surface area contributed by atoms with E-state index in [0.29, 0.717) is 11.7 Å². The van der Waals surface area contributed by atoms with Gasteiger partial charge in [0.1, 0.15) is 5.82 Å². The average molecular weight is 277 g/mol. The molecule has 0 aromatic carbocycles. The summed E-state index contributed by atoms with van der Waals surface area (Å²) in [6.45, 7) is 9.96. The van der Waals surface area contributed by atoms with E-state index in [1.165, 1.54) is 0 Å². The van der Waals surface area contributed by atoms with Gasteiger partial charge in [-0.25, -0.2) is 4.98 Å². The number of aromatic amines is 1. The highest BCUT2D eigenvalue weighted by atomic mass is 16.2. The monoisotopic (exact) mass is 277 g/mol. The van der Waals surface area contributed by atoms with Crippen molar-refractivity contribution in [2.24, 2.45) is 0 Å². The molecule has 20 heavy (non-hydrogen) atoms. The number of rotatable bonds is 2. The molecule has 6 heteroatoms. The largest absolute Gasteiger partial charge is 0.333 e. The third-order valence-electron chi connectivity index (χ3n) is 4.17. The standard InChI is InChI=1S/C14H23N5O/c1-14(2,3)19-8-6-18(7-9-19)13(20)12-15-11(16-17-12)10-4-5-10/h10H,4-9H2,1-3H3,(H,15,16,17). The molecule has 1 N–H and O–H groups in total. The number of carbonyl (C=O) groups excluding carboxylic acids is 1. The van der Waals surface area contributed by atoms with Gasteiger partial charge in [-0.2, -0.15) is 0 Å². The van der Waals surface area contributed by atoms with E-state index in [2.05, 4.69) is 40.9 Å². The first-order valence-corrected chi connectivity index (χ1v) is 7.42. The van der Waals surface area contributed by atoms with Gasteiger partial charge >= 0.3 is 0 Å². The Morgan fingerprint density at radius 3 is 2.40 bits per heavy atom.